The topological polar surface area (TPSA) is 77.2 Å². The van der Waals surface area contributed by atoms with Crippen LogP contribution >= 0.6 is 0 Å². The van der Waals surface area contributed by atoms with Crippen molar-refractivity contribution in [2.45, 2.75) is 24.7 Å². The predicted molar refractivity (Wildman–Crippen MR) is 74.0 cm³/mol. The third-order valence-corrected chi connectivity index (χ3v) is 4.05. The second-order valence-electron chi connectivity index (χ2n) is 5.44. The molecule has 0 bridgehead atoms. The molecule has 0 unspecified atom stereocenters. The number of anilines is 1. The number of benzene rings is 1. The number of hydrogen-bond donors (Lipinski definition) is 1. The fourth-order valence-corrected chi connectivity index (χ4v) is 2.92. The van der Waals surface area contributed by atoms with Crippen molar-refractivity contribution in [1.82, 2.24) is 10.1 Å². The number of hydrogen-bond acceptors (Lipinski definition) is 5. The van der Waals surface area contributed by atoms with Crippen LogP contribution in [-0.2, 0) is 9.53 Å². The van der Waals surface area contributed by atoms with Crippen LogP contribution in [0.15, 0.2) is 28.8 Å². The average molecular weight is 285 g/mol. The number of aromatic nitrogens is 2. The summed E-state index contributed by atoms with van der Waals surface area (Å²) in [6, 6.07) is 7.73. The fraction of sp³-hybridized carbons (Fsp3) is 0.400. The normalized spacial score (nSPS) is 24.7. The van der Waals surface area contributed by atoms with Crippen LogP contribution in [0.3, 0.4) is 0 Å². The van der Waals surface area contributed by atoms with Crippen LogP contribution < -0.4 is 5.32 Å². The molecule has 0 aliphatic carbocycles. The number of amides is 1. The van der Waals surface area contributed by atoms with Gasteiger partial charge in [-0.2, -0.15) is 4.98 Å². The summed E-state index contributed by atoms with van der Waals surface area (Å²) in [5.41, 5.74) is 1.85. The van der Waals surface area contributed by atoms with Gasteiger partial charge in [0.05, 0.1) is 12.5 Å². The van der Waals surface area contributed by atoms with E-state index in [9.17, 15) is 4.79 Å². The quantitative estimate of drug-likeness (QED) is 0.913. The van der Waals surface area contributed by atoms with Gasteiger partial charge in [0.1, 0.15) is 0 Å². The Balaban J connectivity index is 1.68. The van der Waals surface area contributed by atoms with E-state index in [1.807, 2.05) is 24.3 Å². The molecular weight excluding hydrogens is 270 g/mol. The minimum Gasteiger partial charge on any atom is -0.381 e. The highest BCUT2D eigenvalue weighted by atomic mass is 16.5. The second-order valence-corrected chi connectivity index (χ2v) is 5.44. The van der Waals surface area contributed by atoms with Crippen molar-refractivity contribution in [3.8, 4) is 0 Å². The number of carbonyl (C=O) groups excluding carboxylic acids is 1. The van der Waals surface area contributed by atoms with Crippen molar-refractivity contribution >= 4 is 11.6 Å². The third-order valence-electron chi connectivity index (χ3n) is 4.05. The summed E-state index contributed by atoms with van der Waals surface area (Å²) in [7, 11) is 0. The molecule has 6 heteroatoms. The zero-order valence-electron chi connectivity index (χ0n) is 11.4. The molecule has 6 nitrogen and oxygen atoms in total. The van der Waals surface area contributed by atoms with E-state index in [4.69, 9.17) is 9.26 Å². The van der Waals surface area contributed by atoms with Crippen molar-refractivity contribution in [3.63, 3.8) is 0 Å². The zero-order valence-corrected chi connectivity index (χ0v) is 11.4. The highest BCUT2D eigenvalue weighted by molar-refractivity contribution is 5.95. The van der Waals surface area contributed by atoms with Gasteiger partial charge in [-0.3, -0.25) is 4.79 Å². The Kier molecular flexibility index (Phi) is 2.96. The summed E-state index contributed by atoms with van der Waals surface area (Å²) in [5, 5.41) is 6.95. The Morgan fingerprint density at radius 1 is 1.29 bits per heavy atom. The number of rotatable bonds is 2. The highest BCUT2D eigenvalue weighted by Crippen LogP contribution is 2.36. The number of ether oxygens (including phenoxy) is 1. The lowest BCUT2D eigenvalue weighted by atomic mass is 9.90. The largest absolute Gasteiger partial charge is 0.381 e. The van der Waals surface area contributed by atoms with E-state index in [0.29, 0.717) is 24.7 Å². The van der Waals surface area contributed by atoms with Crippen molar-refractivity contribution in [2.75, 3.05) is 18.5 Å². The number of para-hydroxylation sites is 1. The fourth-order valence-electron chi connectivity index (χ4n) is 2.92. The molecular formula is C15H15N3O3. The summed E-state index contributed by atoms with van der Waals surface area (Å²) in [4.78, 5) is 16.4. The summed E-state index contributed by atoms with van der Waals surface area (Å²) in [5.74, 6) is 1.21. The summed E-state index contributed by atoms with van der Waals surface area (Å²) >= 11 is 0. The van der Waals surface area contributed by atoms with Gasteiger partial charge in [-0.05, 0) is 18.1 Å². The van der Waals surface area contributed by atoms with Gasteiger partial charge in [0.25, 0.3) is 0 Å². The second kappa shape index (κ2) is 4.96. The Labute approximate surface area is 121 Å². The van der Waals surface area contributed by atoms with Gasteiger partial charge in [-0.25, -0.2) is 0 Å². The molecule has 2 atom stereocenters. The van der Waals surface area contributed by atoms with E-state index in [2.05, 4.69) is 15.5 Å². The van der Waals surface area contributed by atoms with E-state index in [1.165, 1.54) is 0 Å². The van der Waals surface area contributed by atoms with Crippen LogP contribution in [0, 0.1) is 0 Å². The molecule has 2 aromatic rings. The highest BCUT2D eigenvalue weighted by Gasteiger charge is 2.32. The van der Waals surface area contributed by atoms with E-state index in [1.54, 1.807) is 0 Å². The minimum atomic E-state index is -0.168. The minimum absolute atomic E-state index is 0.0253. The maximum Gasteiger partial charge on any atom is 0.234 e. The van der Waals surface area contributed by atoms with Gasteiger partial charge in [-0.15, -0.1) is 0 Å². The maximum atomic E-state index is 11.9. The first-order valence-electron chi connectivity index (χ1n) is 7.11. The summed E-state index contributed by atoms with van der Waals surface area (Å²) in [6.07, 6.45) is 1.25. The molecule has 3 heterocycles. The van der Waals surface area contributed by atoms with E-state index in [0.717, 1.165) is 24.3 Å². The van der Waals surface area contributed by atoms with Crippen molar-refractivity contribution < 1.29 is 14.1 Å². The van der Waals surface area contributed by atoms with Crippen molar-refractivity contribution in [3.05, 3.63) is 41.5 Å². The van der Waals surface area contributed by atoms with Gasteiger partial charge in [-0.1, -0.05) is 23.4 Å². The van der Waals surface area contributed by atoms with Crippen LogP contribution in [0.5, 0.6) is 0 Å². The van der Waals surface area contributed by atoms with Crippen LogP contribution in [-0.4, -0.2) is 29.3 Å². The van der Waals surface area contributed by atoms with Gasteiger partial charge in [0, 0.05) is 24.6 Å². The first-order valence-corrected chi connectivity index (χ1v) is 7.11. The molecule has 1 aromatic heterocycles. The Hall–Kier alpha value is -2.21. The van der Waals surface area contributed by atoms with Crippen LogP contribution in [0.1, 0.15) is 42.0 Å². The molecule has 1 N–H and O–H groups in total. The van der Waals surface area contributed by atoms with Crippen LogP contribution in [0.2, 0.25) is 0 Å². The Morgan fingerprint density at radius 3 is 3.05 bits per heavy atom. The van der Waals surface area contributed by atoms with Crippen molar-refractivity contribution in [1.29, 1.82) is 0 Å². The molecule has 0 saturated carbocycles. The lowest BCUT2D eigenvalue weighted by molar-refractivity contribution is -0.116. The van der Waals surface area contributed by atoms with E-state index in [-0.39, 0.29) is 17.7 Å². The lowest BCUT2D eigenvalue weighted by Crippen LogP contribution is -2.23. The summed E-state index contributed by atoms with van der Waals surface area (Å²) < 4.78 is 10.8. The van der Waals surface area contributed by atoms with Crippen molar-refractivity contribution in [2.24, 2.45) is 0 Å². The molecule has 1 aromatic carbocycles. The first kappa shape index (κ1) is 12.5. The summed E-state index contributed by atoms with van der Waals surface area (Å²) in [6.45, 7) is 1.38. The standard InChI is InChI=1S/C15H15N3O3/c19-13-7-11(10-3-1-2-4-12(10)16-13)15-17-14(18-21-15)9-5-6-20-8-9/h1-4,9,11H,5-8H2,(H,16,19)/t9-,11+/m0/s1. The van der Waals surface area contributed by atoms with E-state index < -0.39 is 0 Å². The molecule has 1 saturated heterocycles. The maximum absolute atomic E-state index is 11.9. The number of carbonyl (C=O) groups is 1. The lowest BCUT2D eigenvalue weighted by Gasteiger charge is -2.22. The molecule has 108 valence electrons. The molecule has 2 aliphatic rings. The molecule has 4 rings (SSSR count). The zero-order chi connectivity index (χ0) is 14.2. The van der Waals surface area contributed by atoms with Gasteiger partial charge in [0.2, 0.25) is 11.8 Å². The molecule has 0 radical (unpaired) electrons. The number of fused-ring (bicyclic) bond motifs is 1. The molecule has 21 heavy (non-hydrogen) atoms. The Bertz CT molecular complexity index is 676. The van der Waals surface area contributed by atoms with Gasteiger partial charge in [0.15, 0.2) is 5.82 Å². The predicted octanol–water partition coefficient (Wildman–Crippen LogP) is 2.05. The number of nitrogens with one attached hydrogen (secondary N) is 1. The molecule has 1 fully saturated rings. The molecule has 2 aliphatic heterocycles. The van der Waals surface area contributed by atoms with Gasteiger partial charge < -0.3 is 14.6 Å². The molecule has 1 amide bonds. The van der Waals surface area contributed by atoms with Gasteiger partial charge >= 0.3 is 0 Å². The third kappa shape index (κ3) is 2.21. The number of nitrogens with zero attached hydrogens (tertiary/aromatic N) is 2. The van der Waals surface area contributed by atoms with Crippen LogP contribution in [0.25, 0.3) is 0 Å². The smallest absolute Gasteiger partial charge is 0.234 e. The Morgan fingerprint density at radius 2 is 2.19 bits per heavy atom. The monoisotopic (exact) mass is 285 g/mol. The SMILES string of the molecule is O=C1C[C@@H](c2nc([C@H]3CCOC3)no2)c2ccccc2N1. The van der Waals surface area contributed by atoms with E-state index >= 15 is 0 Å². The van der Waals surface area contributed by atoms with Crippen LogP contribution in [0.4, 0.5) is 5.69 Å². The molecule has 0 spiro atoms. The first-order chi connectivity index (χ1) is 10.3. The average Bonchev–Trinajstić information content (AvgIpc) is 3.17.